The maximum atomic E-state index is 5.39. The fourth-order valence-corrected chi connectivity index (χ4v) is 2.90. The number of nitrogens with zero attached hydrogens (tertiary/aromatic N) is 4. The SMILES string of the molecule is c1coc(CNc2nc(Nc3ccc4[nH]nnc4c3)nc3ccccc23)c1. The third-order valence-electron chi connectivity index (χ3n) is 4.20. The Morgan fingerprint density at radius 1 is 0.963 bits per heavy atom. The number of furan rings is 1. The van der Waals surface area contributed by atoms with Gasteiger partial charge in [0, 0.05) is 11.1 Å². The monoisotopic (exact) mass is 357 g/mol. The predicted octanol–water partition coefficient (Wildman–Crippen LogP) is 3.85. The quantitative estimate of drug-likeness (QED) is 0.439. The van der Waals surface area contributed by atoms with Crippen molar-refractivity contribution in [3.05, 3.63) is 66.6 Å². The molecule has 3 N–H and O–H groups in total. The largest absolute Gasteiger partial charge is 0.467 e. The van der Waals surface area contributed by atoms with Crippen LogP contribution in [0.15, 0.2) is 65.3 Å². The van der Waals surface area contributed by atoms with Gasteiger partial charge in [0.2, 0.25) is 5.95 Å². The molecule has 0 bridgehead atoms. The molecule has 0 fully saturated rings. The van der Waals surface area contributed by atoms with Crippen LogP contribution in [-0.4, -0.2) is 25.4 Å². The van der Waals surface area contributed by atoms with Crippen molar-refractivity contribution in [3.63, 3.8) is 0 Å². The number of rotatable bonds is 5. The van der Waals surface area contributed by atoms with E-state index in [4.69, 9.17) is 4.42 Å². The van der Waals surface area contributed by atoms with Crippen molar-refractivity contribution >= 4 is 39.4 Å². The predicted molar refractivity (Wildman–Crippen MR) is 103 cm³/mol. The van der Waals surface area contributed by atoms with Gasteiger partial charge in [-0.15, -0.1) is 5.10 Å². The standard InChI is InChI=1S/C19H15N7O/c1-2-6-15-14(5-1)18(20-11-13-4-3-9-27-13)23-19(22-15)21-12-7-8-16-17(10-12)25-26-24-16/h1-10H,11H2,(H,24,25,26)(H2,20,21,22,23). The van der Waals surface area contributed by atoms with Crippen molar-refractivity contribution in [1.82, 2.24) is 25.4 Å². The third kappa shape index (κ3) is 3.04. The van der Waals surface area contributed by atoms with Crippen LogP contribution in [0.25, 0.3) is 21.9 Å². The molecule has 0 radical (unpaired) electrons. The van der Waals surface area contributed by atoms with Gasteiger partial charge in [0.25, 0.3) is 0 Å². The summed E-state index contributed by atoms with van der Waals surface area (Å²) < 4.78 is 5.39. The zero-order valence-corrected chi connectivity index (χ0v) is 14.2. The number of H-pyrrole nitrogens is 1. The van der Waals surface area contributed by atoms with E-state index in [1.807, 2.05) is 54.6 Å². The average Bonchev–Trinajstić information content (AvgIpc) is 3.37. The summed E-state index contributed by atoms with van der Waals surface area (Å²) >= 11 is 0. The van der Waals surface area contributed by atoms with Crippen molar-refractivity contribution in [2.24, 2.45) is 0 Å². The van der Waals surface area contributed by atoms with Gasteiger partial charge < -0.3 is 15.1 Å². The molecule has 0 aliphatic carbocycles. The Bertz CT molecular complexity index is 1210. The summed E-state index contributed by atoms with van der Waals surface area (Å²) in [5, 5.41) is 18.2. The summed E-state index contributed by atoms with van der Waals surface area (Å²) in [7, 11) is 0. The highest BCUT2D eigenvalue weighted by Crippen LogP contribution is 2.25. The molecular formula is C19H15N7O. The van der Waals surface area contributed by atoms with E-state index in [2.05, 4.69) is 36.0 Å². The molecule has 0 atom stereocenters. The first-order valence-corrected chi connectivity index (χ1v) is 8.46. The zero-order chi connectivity index (χ0) is 18.1. The first-order chi connectivity index (χ1) is 13.3. The average molecular weight is 357 g/mol. The summed E-state index contributed by atoms with van der Waals surface area (Å²) in [6, 6.07) is 17.4. The lowest BCUT2D eigenvalue weighted by Crippen LogP contribution is -2.05. The highest BCUT2D eigenvalue weighted by molar-refractivity contribution is 5.90. The van der Waals surface area contributed by atoms with E-state index in [1.54, 1.807) is 6.26 Å². The lowest BCUT2D eigenvalue weighted by Gasteiger charge is -2.11. The molecule has 0 saturated heterocycles. The third-order valence-corrected chi connectivity index (χ3v) is 4.20. The summed E-state index contributed by atoms with van der Waals surface area (Å²) in [4.78, 5) is 9.26. The van der Waals surface area contributed by atoms with Crippen molar-refractivity contribution in [2.45, 2.75) is 6.54 Å². The highest BCUT2D eigenvalue weighted by Gasteiger charge is 2.09. The van der Waals surface area contributed by atoms with Crippen LogP contribution in [0.5, 0.6) is 0 Å². The number of hydrogen-bond donors (Lipinski definition) is 3. The molecule has 5 aromatic rings. The van der Waals surface area contributed by atoms with Crippen molar-refractivity contribution in [1.29, 1.82) is 0 Å². The van der Waals surface area contributed by atoms with E-state index in [9.17, 15) is 0 Å². The lowest BCUT2D eigenvalue weighted by atomic mass is 10.2. The lowest BCUT2D eigenvalue weighted by molar-refractivity contribution is 0.518. The smallest absolute Gasteiger partial charge is 0.229 e. The van der Waals surface area contributed by atoms with Crippen molar-refractivity contribution in [2.75, 3.05) is 10.6 Å². The number of aromatic amines is 1. The van der Waals surface area contributed by atoms with Gasteiger partial charge in [-0.05, 0) is 42.5 Å². The molecule has 132 valence electrons. The van der Waals surface area contributed by atoms with Crippen molar-refractivity contribution < 1.29 is 4.42 Å². The molecule has 27 heavy (non-hydrogen) atoms. The van der Waals surface area contributed by atoms with E-state index in [1.165, 1.54) is 0 Å². The molecule has 2 aromatic carbocycles. The molecule has 0 aliphatic heterocycles. The van der Waals surface area contributed by atoms with Crippen LogP contribution >= 0.6 is 0 Å². The van der Waals surface area contributed by atoms with Crippen LogP contribution in [0, 0.1) is 0 Å². The van der Waals surface area contributed by atoms with Crippen LogP contribution < -0.4 is 10.6 Å². The van der Waals surface area contributed by atoms with Gasteiger partial charge in [0.05, 0.1) is 23.8 Å². The minimum Gasteiger partial charge on any atom is -0.467 e. The number of hydrogen-bond acceptors (Lipinski definition) is 7. The van der Waals surface area contributed by atoms with Gasteiger partial charge in [-0.3, -0.25) is 5.10 Å². The molecule has 3 aromatic heterocycles. The van der Waals surface area contributed by atoms with E-state index >= 15 is 0 Å². The summed E-state index contributed by atoms with van der Waals surface area (Å²) in [5.74, 6) is 2.07. The fraction of sp³-hybridized carbons (Fsp3) is 0.0526. The van der Waals surface area contributed by atoms with E-state index in [0.29, 0.717) is 12.5 Å². The fourth-order valence-electron chi connectivity index (χ4n) is 2.90. The Morgan fingerprint density at radius 2 is 1.93 bits per heavy atom. The van der Waals surface area contributed by atoms with Crippen molar-refractivity contribution in [3.8, 4) is 0 Å². The second kappa shape index (κ2) is 6.41. The van der Waals surface area contributed by atoms with Gasteiger partial charge in [-0.25, -0.2) is 4.98 Å². The first-order valence-electron chi connectivity index (χ1n) is 8.46. The van der Waals surface area contributed by atoms with Crippen LogP contribution in [0.2, 0.25) is 0 Å². The summed E-state index contributed by atoms with van der Waals surface area (Å²) in [6.07, 6.45) is 1.65. The number of nitrogens with one attached hydrogen (secondary N) is 3. The maximum absolute atomic E-state index is 5.39. The highest BCUT2D eigenvalue weighted by atomic mass is 16.3. The van der Waals surface area contributed by atoms with Gasteiger partial charge in [-0.1, -0.05) is 17.3 Å². The number of aromatic nitrogens is 5. The zero-order valence-electron chi connectivity index (χ0n) is 14.2. The van der Waals surface area contributed by atoms with E-state index in [-0.39, 0.29) is 0 Å². The number of para-hydroxylation sites is 1. The molecule has 0 amide bonds. The Labute approximate surface area is 153 Å². The summed E-state index contributed by atoms with van der Waals surface area (Å²) in [6.45, 7) is 0.540. The van der Waals surface area contributed by atoms with Crippen LogP contribution in [0.4, 0.5) is 17.5 Å². The van der Waals surface area contributed by atoms with Crippen LogP contribution in [-0.2, 0) is 6.54 Å². The van der Waals surface area contributed by atoms with Crippen LogP contribution in [0.1, 0.15) is 5.76 Å². The minimum absolute atomic E-state index is 0.499. The first kappa shape index (κ1) is 15.3. The topological polar surface area (TPSA) is 105 Å². The molecule has 8 heteroatoms. The Hall–Kier alpha value is -3.94. The van der Waals surface area contributed by atoms with Gasteiger partial charge in [0.1, 0.15) is 17.1 Å². The van der Waals surface area contributed by atoms with Gasteiger partial charge >= 0.3 is 0 Å². The Kier molecular flexibility index (Phi) is 3.64. The number of fused-ring (bicyclic) bond motifs is 2. The second-order valence-electron chi connectivity index (χ2n) is 6.01. The Morgan fingerprint density at radius 3 is 2.85 bits per heavy atom. The van der Waals surface area contributed by atoms with Crippen LogP contribution in [0.3, 0.4) is 0 Å². The molecule has 3 heterocycles. The molecule has 5 rings (SSSR count). The van der Waals surface area contributed by atoms with Gasteiger partial charge in [0.15, 0.2) is 0 Å². The molecule has 0 aliphatic rings. The molecular weight excluding hydrogens is 342 g/mol. The van der Waals surface area contributed by atoms with E-state index < -0.39 is 0 Å². The molecule has 0 saturated carbocycles. The number of anilines is 3. The van der Waals surface area contributed by atoms with E-state index in [0.717, 1.165) is 39.2 Å². The Balaban J connectivity index is 1.49. The second-order valence-corrected chi connectivity index (χ2v) is 6.01. The van der Waals surface area contributed by atoms with Gasteiger partial charge in [-0.2, -0.15) is 4.98 Å². The summed E-state index contributed by atoms with van der Waals surface area (Å²) in [5.41, 5.74) is 3.33. The minimum atomic E-state index is 0.499. The number of benzene rings is 2. The molecule has 0 spiro atoms. The molecule has 0 unspecified atom stereocenters. The maximum Gasteiger partial charge on any atom is 0.229 e. The molecule has 8 nitrogen and oxygen atoms in total. The normalized spacial score (nSPS) is 11.1.